The predicted molar refractivity (Wildman–Crippen MR) is 117 cm³/mol. The number of aromatic amines is 1. The smallest absolute Gasteiger partial charge is 0.270 e. The summed E-state index contributed by atoms with van der Waals surface area (Å²) in [6.07, 6.45) is 1.89. The van der Waals surface area contributed by atoms with Gasteiger partial charge in [0, 0.05) is 18.4 Å². The number of hydrogen-bond acceptors (Lipinski definition) is 5. The summed E-state index contributed by atoms with van der Waals surface area (Å²) in [7, 11) is 1.59. The SMILES string of the molecule is COc1ccc2ccccc2c1/C=N/NC(=O)CCc1nc2ccccc2[nH]c1=O. The summed E-state index contributed by atoms with van der Waals surface area (Å²) in [6.45, 7) is 0. The van der Waals surface area contributed by atoms with Crippen molar-refractivity contribution in [3.63, 3.8) is 0 Å². The molecule has 0 saturated heterocycles. The molecule has 0 unspecified atom stereocenters. The van der Waals surface area contributed by atoms with Gasteiger partial charge in [-0.15, -0.1) is 0 Å². The maximum absolute atomic E-state index is 12.2. The Morgan fingerprint density at radius 1 is 1.13 bits per heavy atom. The van der Waals surface area contributed by atoms with Crippen LogP contribution in [0.4, 0.5) is 0 Å². The number of nitrogens with one attached hydrogen (secondary N) is 2. The maximum Gasteiger partial charge on any atom is 0.270 e. The average molecular weight is 400 g/mol. The summed E-state index contributed by atoms with van der Waals surface area (Å²) in [5.74, 6) is 0.360. The van der Waals surface area contributed by atoms with Gasteiger partial charge >= 0.3 is 0 Å². The van der Waals surface area contributed by atoms with Crippen LogP contribution >= 0.6 is 0 Å². The number of ether oxygens (including phenoxy) is 1. The van der Waals surface area contributed by atoms with Crippen LogP contribution in [-0.4, -0.2) is 29.2 Å². The van der Waals surface area contributed by atoms with Gasteiger partial charge in [-0.3, -0.25) is 9.59 Å². The third kappa shape index (κ3) is 4.05. The molecule has 1 aromatic heterocycles. The monoisotopic (exact) mass is 400 g/mol. The van der Waals surface area contributed by atoms with Crippen molar-refractivity contribution in [1.82, 2.24) is 15.4 Å². The second kappa shape index (κ2) is 8.57. The molecule has 0 aliphatic rings. The van der Waals surface area contributed by atoms with E-state index in [0.717, 1.165) is 16.3 Å². The van der Waals surface area contributed by atoms with Crippen molar-refractivity contribution >= 4 is 33.9 Å². The van der Waals surface area contributed by atoms with E-state index in [-0.39, 0.29) is 24.3 Å². The molecule has 0 aliphatic carbocycles. The highest BCUT2D eigenvalue weighted by Gasteiger charge is 2.09. The Kier molecular flexibility index (Phi) is 5.52. The molecule has 30 heavy (non-hydrogen) atoms. The average Bonchev–Trinajstić information content (AvgIpc) is 2.77. The van der Waals surface area contributed by atoms with Crippen molar-refractivity contribution in [3.8, 4) is 5.75 Å². The van der Waals surface area contributed by atoms with E-state index in [1.807, 2.05) is 54.6 Å². The number of methoxy groups -OCH3 is 1. The van der Waals surface area contributed by atoms with Crippen molar-refractivity contribution in [2.24, 2.45) is 5.10 Å². The zero-order valence-corrected chi connectivity index (χ0v) is 16.4. The van der Waals surface area contributed by atoms with Crippen molar-refractivity contribution < 1.29 is 9.53 Å². The first-order chi connectivity index (χ1) is 14.7. The second-order valence-corrected chi connectivity index (χ2v) is 6.73. The molecule has 0 spiro atoms. The zero-order valence-electron chi connectivity index (χ0n) is 16.4. The van der Waals surface area contributed by atoms with Crippen molar-refractivity contribution in [1.29, 1.82) is 0 Å². The molecule has 1 amide bonds. The third-order valence-electron chi connectivity index (χ3n) is 4.79. The number of H-pyrrole nitrogens is 1. The number of carbonyl (C=O) groups excluding carboxylic acids is 1. The number of hydrazone groups is 1. The molecule has 3 aromatic carbocycles. The summed E-state index contributed by atoms with van der Waals surface area (Å²) in [5, 5.41) is 6.10. The van der Waals surface area contributed by atoms with Gasteiger partial charge in [-0.1, -0.05) is 42.5 Å². The Morgan fingerprint density at radius 2 is 1.93 bits per heavy atom. The fourth-order valence-corrected chi connectivity index (χ4v) is 3.28. The minimum atomic E-state index is -0.306. The van der Waals surface area contributed by atoms with Gasteiger partial charge in [0.25, 0.3) is 5.56 Å². The molecule has 150 valence electrons. The molecule has 1 heterocycles. The Bertz CT molecular complexity index is 1310. The number of para-hydroxylation sites is 2. The summed E-state index contributed by atoms with van der Waals surface area (Å²) < 4.78 is 5.41. The third-order valence-corrected chi connectivity index (χ3v) is 4.79. The summed E-state index contributed by atoms with van der Waals surface area (Å²) >= 11 is 0. The van der Waals surface area contributed by atoms with Gasteiger partial charge < -0.3 is 9.72 Å². The lowest BCUT2D eigenvalue weighted by Gasteiger charge is -2.08. The first-order valence-electron chi connectivity index (χ1n) is 9.51. The van der Waals surface area contributed by atoms with Gasteiger partial charge in [0.15, 0.2) is 0 Å². The molecular weight excluding hydrogens is 380 g/mol. The van der Waals surface area contributed by atoms with Crippen LogP contribution < -0.4 is 15.7 Å². The van der Waals surface area contributed by atoms with E-state index < -0.39 is 0 Å². The zero-order chi connectivity index (χ0) is 20.9. The molecule has 7 nitrogen and oxygen atoms in total. The fourth-order valence-electron chi connectivity index (χ4n) is 3.28. The second-order valence-electron chi connectivity index (χ2n) is 6.73. The number of benzene rings is 3. The number of fused-ring (bicyclic) bond motifs is 2. The molecular formula is C23H20N4O3. The molecule has 7 heteroatoms. The summed E-state index contributed by atoms with van der Waals surface area (Å²) in [6, 6.07) is 19.0. The topological polar surface area (TPSA) is 96.4 Å². The van der Waals surface area contributed by atoms with Crippen molar-refractivity contribution in [2.45, 2.75) is 12.8 Å². The number of amides is 1. The lowest BCUT2D eigenvalue weighted by Crippen LogP contribution is -2.21. The fraction of sp³-hybridized carbons (Fsp3) is 0.130. The van der Waals surface area contributed by atoms with Gasteiger partial charge in [-0.25, -0.2) is 10.4 Å². The minimum absolute atomic E-state index is 0.0957. The first kappa shape index (κ1) is 19.3. The van der Waals surface area contributed by atoms with E-state index in [1.54, 1.807) is 19.4 Å². The van der Waals surface area contributed by atoms with Gasteiger partial charge in [-0.05, 0) is 29.0 Å². The Morgan fingerprint density at radius 3 is 2.80 bits per heavy atom. The standard InChI is InChI=1S/C23H20N4O3/c1-30-21-12-10-15-6-2-3-7-16(15)17(21)14-24-27-22(28)13-11-20-23(29)26-19-9-5-4-8-18(19)25-20/h2-10,12,14H,11,13H2,1H3,(H,26,29)(H,27,28)/b24-14+. The van der Waals surface area contributed by atoms with E-state index in [9.17, 15) is 9.59 Å². The largest absolute Gasteiger partial charge is 0.496 e. The van der Waals surface area contributed by atoms with Gasteiger partial charge in [-0.2, -0.15) is 5.10 Å². The lowest BCUT2D eigenvalue weighted by molar-refractivity contribution is -0.121. The van der Waals surface area contributed by atoms with Gasteiger partial charge in [0.2, 0.25) is 5.91 Å². The molecule has 0 atom stereocenters. The van der Waals surface area contributed by atoms with Crippen LogP contribution in [0.5, 0.6) is 5.75 Å². The van der Waals surface area contributed by atoms with Crippen molar-refractivity contribution in [2.75, 3.05) is 7.11 Å². The van der Waals surface area contributed by atoms with Crippen LogP contribution in [-0.2, 0) is 11.2 Å². The quantitative estimate of drug-likeness (QED) is 0.384. The van der Waals surface area contributed by atoms with E-state index in [4.69, 9.17) is 4.74 Å². The molecule has 4 rings (SSSR count). The van der Waals surface area contributed by atoms with Crippen LogP contribution in [0.1, 0.15) is 17.7 Å². The van der Waals surface area contributed by atoms with E-state index in [0.29, 0.717) is 22.5 Å². The molecule has 4 aromatic rings. The number of hydrogen-bond donors (Lipinski definition) is 2. The number of carbonyl (C=O) groups is 1. The molecule has 0 saturated carbocycles. The highest BCUT2D eigenvalue weighted by molar-refractivity contribution is 6.02. The normalized spacial score (nSPS) is 11.2. The predicted octanol–water partition coefficient (Wildman–Crippen LogP) is 3.17. The van der Waals surface area contributed by atoms with Gasteiger partial charge in [0.05, 0.1) is 24.4 Å². The number of rotatable bonds is 6. The van der Waals surface area contributed by atoms with E-state index in [1.165, 1.54) is 0 Å². The van der Waals surface area contributed by atoms with Crippen LogP contribution in [0.3, 0.4) is 0 Å². The number of aryl methyl sites for hydroxylation is 1. The Labute approximate surface area is 172 Å². The summed E-state index contributed by atoms with van der Waals surface area (Å²) in [4.78, 5) is 31.5. The van der Waals surface area contributed by atoms with E-state index in [2.05, 4.69) is 20.5 Å². The molecule has 0 bridgehead atoms. The number of aromatic nitrogens is 2. The van der Waals surface area contributed by atoms with E-state index >= 15 is 0 Å². The number of nitrogens with zero attached hydrogens (tertiary/aromatic N) is 2. The Hall–Kier alpha value is -4.00. The maximum atomic E-state index is 12.2. The van der Waals surface area contributed by atoms with Crippen molar-refractivity contribution in [3.05, 3.63) is 82.3 Å². The van der Waals surface area contributed by atoms with Crippen LogP contribution in [0.2, 0.25) is 0 Å². The minimum Gasteiger partial charge on any atom is -0.496 e. The highest BCUT2D eigenvalue weighted by Crippen LogP contribution is 2.26. The van der Waals surface area contributed by atoms with Crippen LogP contribution in [0, 0.1) is 0 Å². The highest BCUT2D eigenvalue weighted by atomic mass is 16.5. The molecule has 0 radical (unpaired) electrons. The lowest BCUT2D eigenvalue weighted by atomic mass is 10.0. The summed E-state index contributed by atoms with van der Waals surface area (Å²) in [5.41, 5.74) is 4.69. The molecule has 0 fully saturated rings. The first-order valence-corrected chi connectivity index (χ1v) is 9.51. The van der Waals surface area contributed by atoms with Crippen LogP contribution in [0.15, 0.2) is 70.6 Å². The molecule has 2 N–H and O–H groups in total. The Balaban J connectivity index is 1.45. The molecule has 0 aliphatic heterocycles. The van der Waals surface area contributed by atoms with Gasteiger partial charge in [0.1, 0.15) is 11.4 Å². The van der Waals surface area contributed by atoms with Crippen LogP contribution in [0.25, 0.3) is 21.8 Å².